The maximum atomic E-state index is 14.4. The molecule has 2 aliphatic rings. The second-order valence-corrected chi connectivity index (χ2v) is 9.27. The van der Waals surface area contributed by atoms with E-state index in [1.807, 2.05) is 30.3 Å². The Morgan fingerprint density at radius 3 is 2.38 bits per heavy atom. The summed E-state index contributed by atoms with van der Waals surface area (Å²) in [5.74, 6) is -5.23. The van der Waals surface area contributed by atoms with E-state index in [-0.39, 0.29) is 23.4 Å². The zero-order valence-electron chi connectivity index (χ0n) is 21.3. The number of anilines is 1. The fourth-order valence-electron chi connectivity index (χ4n) is 5.54. The number of halogens is 1. The van der Waals surface area contributed by atoms with Crippen LogP contribution in [-0.2, 0) is 23.9 Å². The molecule has 0 bridgehead atoms. The summed E-state index contributed by atoms with van der Waals surface area (Å²) in [6.45, 7) is 0. The average molecular weight is 528 g/mol. The summed E-state index contributed by atoms with van der Waals surface area (Å²) in [6.07, 6.45) is 3.29. The number of esters is 2. The summed E-state index contributed by atoms with van der Waals surface area (Å²) in [6, 6.07) is 18.3. The maximum Gasteiger partial charge on any atom is 0.338 e. The minimum Gasteiger partial charge on any atom is -0.468 e. The zero-order valence-corrected chi connectivity index (χ0v) is 21.3. The molecule has 9 heteroatoms. The van der Waals surface area contributed by atoms with Crippen molar-refractivity contribution < 1.29 is 28.2 Å². The second-order valence-electron chi connectivity index (χ2n) is 9.27. The Morgan fingerprint density at radius 2 is 1.74 bits per heavy atom. The molecule has 1 aromatic heterocycles. The van der Waals surface area contributed by atoms with Crippen molar-refractivity contribution in [3.63, 3.8) is 0 Å². The lowest BCUT2D eigenvalue weighted by Crippen LogP contribution is -2.46. The van der Waals surface area contributed by atoms with Crippen LogP contribution < -0.4 is 10.6 Å². The van der Waals surface area contributed by atoms with E-state index in [0.29, 0.717) is 16.9 Å². The third-order valence-electron chi connectivity index (χ3n) is 7.21. The average Bonchev–Trinajstić information content (AvgIpc) is 2.96. The summed E-state index contributed by atoms with van der Waals surface area (Å²) >= 11 is 0. The van der Waals surface area contributed by atoms with Crippen LogP contribution in [0, 0.1) is 11.7 Å². The highest BCUT2D eigenvalue weighted by atomic mass is 19.1. The van der Waals surface area contributed by atoms with Gasteiger partial charge in [0.2, 0.25) is 0 Å². The lowest BCUT2D eigenvalue weighted by molar-refractivity contribution is -0.150. The molecule has 2 N–H and O–H groups in total. The number of rotatable bonds is 5. The molecule has 3 aromatic rings. The Labute approximate surface area is 224 Å². The number of methoxy groups -OCH3 is 2. The molecule has 0 spiro atoms. The van der Waals surface area contributed by atoms with Gasteiger partial charge in [0.1, 0.15) is 17.6 Å². The molecule has 39 heavy (non-hydrogen) atoms. The molecule has 8 nitrogen and oxygen atoms in total. The SMILES string of the molecule is COC(=O)C1=C(N)N(c2cccc(F)c2)C2=C(C(=O)C(C(=O)OC)C(c3ccccc3)C2)C1c1cccnc1. The van der Waals surface area contributed by atoms with Crippen molar-refractivity contribution in [1.29, 1.82) is 0 Å². The van der Waals surface area contributed by atoms with E-state index in [2.05, 4.69) is 4.98 Å². The number of ketones is 1. The molecular formula is C30H26FN3O5. The lowest BCUT2D eigenvalue weighted by Gasteiger charge is -2.44. The minimum atomic E-state index is -1.18. The van der Waals surface area contributed by atoms with Crippen molar-refractivity contribution in [2.75, 3.05) is 19.1 Å². The summed E-state index contributed by atoms with van der Waals surface area (Å²) in [5.41, 5.74) is 8.92. The number of nitrogens with zero attached hydrogens (tertiary/aromatic N) is 2. The van der Waals surface area contributed by atoms with Gasteiger partial charge in [-0.15, -0.1) is 0 Å². The monoisotopic (exact) mass is 527 g/mol. The van der Waals surface area contributed by atoms with Crippen molar-refractivity contribution in [2.45, 2.75) is 18.3 Å². The number of pyridine rings is 1. The van der Waals surface area contributed by atoms with E-state index >= 15 is 0 Å². The van der Waals surface area contributed by atoms with E-state index in [1.165, 1.54) is 43.5 Å². The molecular weight excluding hydrogens is 501 g/mol. The van der Waals surface area contributed by atoms with Gasteiger partial charge in [0.25, 0.3) is 0 Å². The highest BCUT2D eigenvalue weighted by Crippen LogP contribution is 2.51. The van der Waals surface area contributed by atoms with Crippen LogP contribution in [0.15, 0.2) is 102 Å². The van der Waals surface area contributed by atoms with Gasteiger partial charge in [-0.1, -0.05) is 42.5 Å². The van der Waals surface area contributed by atoms with Crippen LogP contribution in [0.25, 0.3) is 0 Å². The first kappa shape index (κ1) is 25.8. The number of aromatic nitrogens is 1. The van der Waals surface area contributed by atoms with Crippen LogP contribution in [0.2, 0.25) is 0 Å². The molecule has 0 amide bonds. The van der Waals surface area contributed by atoms with Crippen molar-refractivity contribution >= 4 is 23.4 Å². The molecule has 0 saturated heterocycles. The maximum absolute atomic E-state index is 14.4. The lowest BCUT2D eigenvalue weighted by atomic mass is 9.67. The number of carbonyl (C=O) groups excluding carboxylic acids is 3. The Morgan fingerprint density at radius 1 is 1.00 bits per heavy atom. The Kier molecular flexibility index (Phi) is 6.98. The molecule has 2 aromatic carbocycles. The molecule has 1 aliphatic carbocycles. The summed E-state index contributed by atoms with van der Waals surface area (Å²) in [5, 5.41) is 0. The fraction of sp³-hybridized carbons (Fsp3) is 0.200. The highest BCUT2D eigenvalue weighted by Gasteiger charge is 2.51. The summed E-state index contributed by atoms with van der Waals surface area (Å²) < 4.78 is 24.6. The number of Topliss-reactive ketones (excluding diaryl/α,β-unsaturated/α-hetero) is 1. The number of benzene rings is 2. The molecule has 3 atom stereocenters. The Balaban J connectivity index is 1.83. The van der Waals surface area contributed by atoms with Crippen LogP contribution in [0.1, 0.15) is 29.4 Å². The van der Waals surface area contributed by atoms with Gasteiger partial charge in [0.05, 0.1) is 31.4 Å². The molecule has 1 aliphatic heterocycles. The van der Waals surface area contributed by atoms with Gasteiger partial charge >= 0.3 is 11.9 Å². The zero-order chi connectivity index (χ0) is 27.7. The largest absolute Gasteiger partial charge is 0.468 e. The van der Waals surface area contributed by atoms with E-state index in [9.17, 15) is 18.8 Å². The second kappa shape index (κ2) is 10.5. The number of ether oxygens (including phenoxy) is 2. The summed E-state index contributed by atoms with van der Waals surface area (Å²) in [4.78, 5) is 46.5. The topological polar surface area (TPSA) is 112 Å². The standard InChI is InChI=1S/C30H26FN3O5/c1-38-29(36)24-21(17-8-4-3-5-9-17)15-22-25(27(24)35)23(18-10-7-13-33-16-18)26(30(37)39-2)28(32)34(22)20-12-6-11-19(31)14-20/h3-14,16,21,23-24H,15,32H2,1-2H3. The van der Waals surface area contributed by atoms with Gasteiger partial charge < -0.3 is 15.2 Å². The molecule has 0 fully saturated rings. The van der Waals surface area contributed by atoms with Crippen LogP contribution in [0.3, 0.4) is 0 Å². The first-order valence-corrected chi connectivity index (χ1v) is 12.3. The predicted molar refractivity (Wildman–Crippen MR) is 140 cm³/mol. The summed E-state index contributed by atoms with van der Waals surface area (Å²) in [7, 11) is 2.45. The number of carbonyl (C=O) groups is 3. The third kappa shape index (κ3) is 4.46. The van der Waals surface area contributed by atoms with E-state index in [4.69, 9.17) is 15.2 Å². The number of hydrogen-bond donors (Lipinski definition) is 1. The highest BCUT2D eigenvalue weighted by molar-refractivity contribution is 6.14. The van der Waals surface area contributed by atoms with Crippen molar-refractivity contribution in [3.05, 3.63) is 119 Å². The minimum absolute atomic E-state index is 0.00353. The predicted octanol–water partition coefficient (Wildman–Crippen LogP) is 3.97. The number of allylic oxidation sites excluding steroid dienone is 2. The van der Waals surface area contributed by atoms with Gasteiger partial charge in [-0.25, -0.2) is 9.18 Å². The fourth-order valence-corrected chi connectivity index (χ4v) is 5.54. The van der Waals surface area contributed by atoms with Gasteiger partial charge in [0.15, 0.2) is 5.78 Å². The molecule has 5 rings (SSSR count). The van der Waals surface area contributed by atoms with Crippen molar-refractivity contribution in [2.24, 2.45) is 11.7 Å². The van der Waals surface area contributed by atoms with E-state index in [0.717, 1.165) is 5.56 Å². The third-order valence-corrected chi connectivity index (χ3v) is 7.21. The Hall–Kier alpha value is -4.79. The van der Waals surface area contributed by atoms with Crippen LogP contribution in [0.5, 0.6) is 0 Å². The normalized spacial score (nSPS) is 20.9. The van der Waals surface area contributed by atoms with Gasteiger partial charge in [-0.3, -0.25) is 19.5 Å². The van der Waals surface area contributed by atoms with Crippen LogP contribution in [-0.4, -0.2) is 36.9 Å². The van der Waals surface area contributed by atoms with E-state index in [1.54, 1.807) is 24.4 Å². The molecule has 198 valence electrons. The quantitative estimate of drug-likeness (QED) is 0.392. The molecule has 0 radical (unpaired) electrons. The van der Waals surface area contributed by atoms with Crippen LogP contribution >= 0.6 is 0 Å². The number of hydrogen-bond acceptors (Lipinski definition) is 8. The first-order chi connectivity index (χ1) is 18.9. The van der Waals surface area contributed by atoms with Gasteiger partial charge in [-0.2, -0.15) is 0 Å². The van der Waals surface area contributed by atoms with Crippen LogP contribution in [0.4, 0.5) is 10.1 Å². The smallest absolute Gasteiger partial charge is 0.338 e. The molecule has 3 unspecified atom stereocenters. The van der Waals surface area contributed by atoms with Gasteiger partial charge in [0, 0.05) is 29.6 Å². The Bertz CT molecular complexity index is 1500. The van der Waals surface area contributed by atoms with Crippen molar-refractivity contribution in [3.8, 4) is 0 Å². The molecule has 0 saturated carbocycles. The van der Waals surface area contributed by atoms with Crippen molar-refractivity contribution in [1.82, 2.24) is 4.98 Å². The van der Waals surface area contributed by atoms with E-state index < -0.39 is 41.3 Å². The number of nitrogens with two attached hydrogens (primary N) is 1. The van der Waals surface area contributed by atoms with Gasteiger partial charge in [-0.05, 0) is 41.8 Å². The first-order valence-electron chi connectivity index (χ1n) is 12.3. The molecule has 2 heterocycles.